The molecule has 4 nitrogen and oxygen atoms in total. The van der Waals surface area contributed by atoms with Crippen LogP contribution in [0.15, 0.2) is 52.4 Å². The average Bonchev–Trinajstić information content (AvgIpc) is 3.06. The third kappa shape index (κ3) is 3.92. The Morgan fingerprint density at radius 1 is 1.31 bits per heavy atom. The highest BCUT2D eigenvalue weighted by atomic mass is 32.2. The van der Waals surface area contributed by atoms with Gasteiger partial charge in [0, 0.05) is 16.2 Å². The van der Waals surface area contributed by atoms with Crippen LogP contribution in [0.2, 0.25) is 0 Å². The first-order valence-corrected chi connectivity index (χ1v) is 9.87. The first kappa shape index (κ1) is 18.5. The molecule has 3 aromatic rings. The minimum absolute atomic E-state index is 0.129. The number of hydrogen-bond acceptors (Lipinski definition) is 5. The Morgan fingerprint density at radius 2 is 2.12 bits per heavy atom. The lowest BCUT2D eigenvalue weighted by atomic mass is 9.96. The van der Waals surface area contributed by atoms with Gasteiger partial charge < -0.3 is 9.84 Å². The molecule has 0 radical (unpaired) electrons. The van der Waals surface area contributed by atoms with Gasteiger partial charge in [0.1, 0.15) is 5.57 Å². The molecule has 1 aromatic heterocycles. The SMILES string of the molecule is COC=C(C(=O)O)c1cccc2ccc(-c3csc(SC(C)C)n3)cc12. The van der Waals surface area contributed by atoms with Crippen molar-refractivity contribution in [2.45, 2.75) is 23.4 Å². The van der Waals surface area contributed by atoms with Crippen LogP contribution >= 0.6 is 23.1 Å². The number of hydrogen-bond donors (Lipinski definition) is 1. The number of thioether (sulfide) groups is 1. The quantitative estimate of drug-likeness (QED) is 0.343. The third-order valence-corrected chi connectivity index (χ3v) is 5.73. The van der Waals surface area contributed by atoms with Crippen LogP contribution in [0.1, 0.15) is 19.4 Å². The van der Waals surface area contributed by atoms with E-state index in [1.54, 1.807) is 29.2 Å². The lowest BCUT2D eigenvalue weighted by Gasteiger charge is -2.09. The first-order valence-electron chi connectivity index (χ1n) is 8.11. The minimum atomic E-state index is -1.02. The largest absolute Gasteiger partial charge is 0.503 e. The zero-order chi connectivity index (χ0) is 18.7. The topological polar surface area (TPSA) is 59.4 Å². The van der Waals surface area contributed by atoms with E-state index in [-0.39, 0.29) is 5.57 Å². The van der Waals surface area contributed by atoms with Crippen LogP contribution in [0.5, 0.6) is 0 Å². The molecule has 0 unspecified atom stereocenters. The molecule has 0 atom stereocenters. The van der Waals surface area contributed by atoms with E-state index < -0.39 is 5.97 Å². The summed E-state index contributed by atoms with van der Waals surface area (Å²) in [6.45, 7) is 4.28. The normalized spacial score (nSPS) is 11.9. The molecule has 1 N–H and O–H groups in total. The van der Waals surface area contributed by atoms with Gasteiger partial charge in [-0.15, -0.1) is 11.3 Å². The molecular formula is C20H19NO3S2. The van der Waals surface area contributed by atoms with Crippen LogP contribution in [-0.2, 0) is 9.53 Å². The Bertz CT molecular complexity index is 976. The van der Waals surface area contributed by atoms with Crippen LogP contribution in [-0.4, -0.2) is 28.4 Å². The number of aliphatic carboxylic acids is 1. The number of fused-ring (bicyclic) bond motifs is 1. The number of methoxy groups -OCH3 is 1. The van der Waals surface area contributed by atoms with Gasteiger partial charge in [0.15, 0.2) is 4.34 Å². The Hall–Kier alpha value is -2.31. The molecular weight excluding hydrogens is 366 g/mol. The Kier molecular flexibility index (Phi) is 5.64. The first-order chi connectivity index (χ1) is 12.5. The van der Waals surface area contributed by atoms with Gasteiger partial charge in [0.05, 0.1) is 19.1 Å². The van der Waals surface area contributed by atoms with E-state index in [0.29, 0.717) is 10.8 Å². The highest BCUT2D eigenvalue weighted by molar-refractivity contribution is 8.01. The van der Waals surface area contributed by atoms with Crippen molar-refractivity contribution in [1.82, 2.24) is 4.98 Å². The average molecular weight is 386 g/mol. The second-order valence-electron chi connectivity index (χ2n) is 5.98. The van der Waals surface area contributed by atoms with Crippen molar-refractivity contribution in [3.05, 3.63) is 53.6 Å². The fourth-order valence-electron chi connectivity index (χ4n) is 2.66. The standard InChI is InChI=1S/C20H19NO3S2/c1-12(2)26-20-21-18(11-25-20)14-8-7-13-5-4-6-15(16(13)9-14)17(10-24-3)19(22)23/h4-12H,1-3H3,(H,22,23). The molecule has 3 rings (SSSR count). The number of aromatic nitrogens is 1. The maximum atomic E-state index is 11.6. The number of carboxylic acids is 1. The number of nitrogens with zero attached hydrogens (tertiary/aromatic N) is 1. The number of benzene rings is 2. The molecule has 6 heteroatoms. The van der Waals surface area contributed by atoms with Crippen LogP contribution in [0.3, 0.4) is 0 Å². The molecule has 0 amide bonds. The van der Waals surface area contributed by atoms with Crippen molar-refractivity contribution in [3.63, 3.8) is 0 Å². The summed E-state index contributed by atoms with van der Waals surface area (Å²) < 4.78 is 6.00. The van der Waals surface area contributed by atoms with Gasteiger partial charge in [-0.1, -0.05) is 55.9 Å². The van der Waals surface area contributed by atoms with E-state index in [4.69, 9.17) is 9.72 Å². The number of carbonyl (C=O) groups is 1. The van der Waals surface area contributed by atoms with E-state index in [1.165, 1.54) is 13.4 Å². The van der Waals surface area contributed by atoms with Gasteiger partial charge in [-0.2, -0.15) is 0 Å². The molecule has 0 saturated heterocycles. The molecule has 1 heterocycles. The Morgan fingerprint density at radius 3 is 2.81 bits per heavy atom. The summed E-state index contributed by atoms with van der Waals surface area (Å²) in [6.07, 6.45) is 1.27. The summed E-state index contributed by atoms with van der Waals surface area (Å²) in [7, 11) is 1.45. The summed E-state index contributed by atoms with van der Waals surface area (Å²) in [6, 6.07) is 11.6. The number of ether oxygens (including phenoxy) is 1. The molecule has 134 valence electrons. The lowest BCUT2D eigenvalue weighted by Crippen LogP contribution is -2.01. The molecule has 0 fully saturated rings. The van der Waals surface area contributed by atoms with E-state index >= 15 is 0 Å². The lowest BCUT2D eigenvalue weighted by molar-refractivity contribution is -0.130. The van der Waals surface area contributed by atoms with E-state index in [1.807, 2.05) is 35.7 Å². The molecule has 2 aromatic carbocycles. The van der Waals surface area contributed by atoms with E-state index in [2.05, 4.69) is 13.8 Å². The minimum Gasteiger partial charge on any atom is -0.503 e. The van der Waals surface area contributed by atoms with Crippen molar-refractivity contribution in [1.29, 1.82) is 0 Å². The van der Waals surface area contributed by atoms with Crippen molar-refractivity contribution in [2.24, 2.45) is 0 Å². The molecule has 26 heavy (non-hydrogen) atoms. The molecule has 0 spiro atoms. The van der Waals surface area contributed by atoms with Crippen molar-refractivity contribution in [3.8, 4) is 11.3 Å². The van der Waals surface area contributed by atoms with Crippen molar-refractivity contribution >= 4 is 45.4 Å². The number of rotatable bonds is 6. The maximum Gasteiger partial charge on any atom is 0.339 e. The van der Waals surface area contributed by atoms with Gasteiger partial charge >= 0.3 is 5.97 Å². The summed E-state index contributed by atoms with van der Waals surface area (Å²) in [4.78, 5) is 16.3. The molecule has 0 aliphatic carbocycles. The van der Waals surface area contributed by atoms with Crippen LogP contribution in [0.25, 0.3) is 27.6 Å². The van der Waals surface area contributed by atoms with Crippen molar-refractivity contribution < 1.29 is 14.6 Å². The molecule has 0 saturated carbocycles. The second-order valence-corrected chi connectivity index (χ2v) is 8.66. The van der Waals surface area contributed by atoms with Crippen LogP contribution < -0.4 is 0 Å². The predicted molar refractivity (Wildman–Crippen MR) is 109 cm³/mol. The highest BCUT2D eigenvalue weighted by Crippen LogP contribution is 2.33. The highest BCUT2D eigenvalue weighted by Gasteiger charge is 2.15. The zero-order valence-corrected chi connectivity index (χ0v) is 16.4. The van der Waals surface area contributed by atoms with E-state index in [0.717, 1.165) is 26.4 Å². The summed E-state index contributed by atoms with van der Waals surface area (Å²) in [5.41, 5.74) is 2.64. The summed E-state index contributed by atoms with van der Waals surface area (Å²) in [5.74, 6) is -1.02. The predicted octanol–water partition coefficient (Wildman–Crippen LogP) is 5.54. The number of carboxylic acid groups (broad SMARTS) is 1. The molecule has 0 aliphatic rings. The van der Waals surface area contributed by atoms with E-state index in [9.17, 15) is 9.90 Å². The Balaban J connectivity index is 2.10. The fraction of sp³-hybridized carbons (Fsp3) is 0.200. The second kappa shape index (κ2) is 7.93. The molecule has 0 bridgehead atoms. The van der Waals surface area contributed by atoms with Crippen molar-refractivity contribution in [2.75, 3.05) is 7.11 Å². The Labute approximate surface area is 160 Å². The smallest absolute Gasteiger partial charge is 0.339 e. The monoisotopic (exact) mass is 385 g/mol. The van der Waals surface area contributed by atoms with Crippen LogP contribution in [0.4, 0.5) is 0 Å². The van der Waals surface area contributed by atoms with Gasteiger partial charge in [-0.3, -0.25) is 0 Å². The zero-order valence-electron chi connectivity index (χ0n) is 14.7. The van der Waals surface area contributed by atoms with Gasteiger partial charge in [-0.25, -0.2) is 9.78 Å². The summed E-state index contributed by atoms with van der Waals surface area (Å²) in [5, 5.41) is 13.9. The summed E-state index contributed by atoms with van der Waals surface area (Å²) >= 11 is 3.37. The molecule has 0 aliphatic heterocycles. The van der Waals surface area contributed by atoms with Crippen LogP contribution in [0, 0.1) is 0 Å². The maximum absolute atomic E-state index is 11.6. The van der Waals surface area contributed by atoms with Gasteiger partial charge in [0.2, 0.25) is 0 Å². The van der Waals surface area contributed by atoms with Gasteiger partial charge in [-0.05, 0) is 22.4 Å². The third-order valence-electron chi connectivity index (χ3n) is 3.75. The van der Waals surface area contributed by atoms with Gasteiger partial charge in [0.25, 0.3) is 0 Å². The fourth-order valence-corrected chi connectivity index (χ4v) is 4.71. The number of thiazole rings is 1.